The maximum absolute atomic E-state index is 13.9. The van der Waals surface area contributed by atoms with E-state index in [1.807, 2.05) is 19.1 Å². The van der Waals surface area contributed by atoms with E-state index in [-0.39, 0.29) is 17.5 Å². The Morgan fingerprint density at radius 2 is 2.14 bits per heavy atom. The number of carbonyl (C=O) groups excluding carboxylic acids is 1. The minimum Gasteiger partial charge on any atom is -0.464 e. The van der Waals surface area contributed by atoms with E-state index in [0.717, 1.165) is 24.4 Å². The fourth-order valence-electron chi connectivity index (χ4n) is 2.31. The summed E-state index contributed by atoms with van der Waals surface area (Å²) < 4.78 is 20.1. The zero-order valence-electron chi connectivity index (χ0n) is 11.6. The Balaban J connectivity index is 1.86. The van der Waals surface area contributed by atoms with Crippen molar-refractivity contribution >= 4 is 21.8 Å². The lowest BCUT2D eigenvalue weighted by Gasteiger charge is -2.21. The van der Waals surface area contributed by atoms with Gasteiger partial charge in [0.1, 0.15) is 17.3 Å². The van der Waals surface area contributed by atoms with Crippen LogP contribution < -0.4 is 0 Å². The number of aryl methyl sites for hydroxylation is 1. The monoisotopic (exact) mass is 351 g/mol. The number of nitrogens with zero attached hydrogens (tertiary/aromatic N) is 1. The molecule has 0 unspecified atom stereocenters. The third-order valence-electron chi connectivity index (χ3n) is 3.53. The summed E-state index contributed by atoms with van der Waals surface area (Å²) in [6, 6.07) is 8.32. The predicted molar refractivity (Wildman–Crippen MR) is 80.4 cm³/mol. The highest BCUT2D eigenvalue weighted by Gasteiger charge is 2.34. The third-order valence-corrected chi connectivity index (χ3v) is 4.02. The Morgan fingerprint density at radius 1 is 1.38 bits per heavy atom. The van der Waals surface area contributed by atoms with E-state index in [1.54, 1.807) is 11.0 Å². The van der Waals surface area contributed by atoms with Gasteiger partial charge < -0.3 is 9.32 Å². The number of amides is 1. The van der Waals surface area contributed by atoms with Crippen molar-refractivity contribution in [1.82, 2.24) is 4.90 Å². The molecule has 5 heteroatoms. The van der Waals surface area contributed by atoms with Crippen molar-refractivity contribution in [2.45, 2.75) is 32.4 Å². The average molecular weight is 352 g/mol. The molecule has 1 aliphatic carbocycles. The molecule has 1 aliphatic rings. The normalized spacial score (nSPS) is 14.2. The summed E-state index contributed by atoms with van der Waals surface area (Å²) in [5.74, 6) is 0.750. The number of hydrogen-bond acceptors (Lipinski definition) is 2. The van der Waals surface area contributed by atoms with Gasteiger partial charge in [0, 0.05) is 10.5 Å². The molecule has 1 saturated carbocycles. The van der Waals surface area contributed by atoms with E-state index in [2.05, 4.69) is 15.9 Å². The molecule has 1 fully saturated rings. The quantitative estimate of drug-likeness (QED) is 0.822. The van der Waals surface area contributed by atoms with E-state index in [0.29, 0.717) is 11.0 Å². The Labute approximate surface area is 130 Å². The van der Waals surface area contributed by atoms with Gasteiger partial charge in [-0.25, -0.2) is 4.39 Å². The van der Waals surface area contributed by atoms with Gasteiger partial charge in [-0.05, 0) is 50.1 Å². The van der Waals surface area contributed by atoms with Gasteiger partial charge in [-0.15, -0.1) is 0 Å². The van der Waals surface area contributed by atoms with Crippen molar-refractivity contribution in [3.63, 3.8) is 0 Å². The topological polar surface area (TPSA) is 33.5 Å². The summed E-state index contributed by atoms with van der Waals surface area (Å²) in [6.07, 6.45) is 1.92. The summed E-state index contributed by atoms with van der Waals surface area (Å²) in [4.78, 5) is 14.3. The van der Waals surface area contributed by atoms with Gasteiger partial charge in [0.15, 0.2) is 0 Å². The minimum atomic E-state index is -0.496. The van der Waals surface area contributed by atoms with Crippen LogP contribution in [0.5, 0.6) is 0 Å². The first-order chi connectivity index (χ1) is 10.0. The van der Waals surface area contributed by atoms with E-state index in [1.165, 1.54) is 12.1 Å². The smallest absolute Gasteiger partial charge is 0.257 e. The number of furan rings is 1. The van der Waals surface area contributed by atoms with Crippen molar-refractivity contribution in [2.75, 3.05) is 0 Å². The fourth-order valence-corrected chi connectivity index (χ4v) is 2.67. The van der Waals surface area contributed by atoms with Crippen molar-refractivity contribution in [1.29, 1.82) is 0 Å². The summed E-state index contributed by atoms with van der Waals surface area (Å²) in [5, 5.41) is 0. The van der Waals surface area contributed by atoms with E-state index in [4.69, 9.17) is 4.42 Å². The molecule has 1 aromatic heterocycles. The minimum absolute atomic E-state index is 0.0968. The summed E-state index contributed by atoms with van der Waals surface area (Å²) >= 11 is 3.28. The molecular formula is C16H15BrFNO2. The molecule has 0 bridgehead atoms. The standard InChI is InChI=1S/C16H15BrFNO2/c1-10-2-6-13(21-10)9-19(12-4-5-12)16(20)14-8-11(17)3-7-15(14)18/h2-3,6-8,12H,4-5,9H2,1H3. The molecule has 3 nitrogen and oxygen atoms in total. The van der Waals surface area contributed by atoms with Gasteiger partial charge in [0.05, 0.1) is 12.1 Å². The molecule has 0 aliphatic heterocycles. The first-order valence-electron chi connectivity index (χ1n) is 6.86. The largest absolute Gasteiger partial charge is 0.464 e. The van der Waals surface area contributed by atoms with Crippen molar-refractivity contribution in [3.8, 4) is 0 Å². The summed E-state index contributed by atoms with van der Waals surface area (Å²) in [6.45, 7) is 2.24. The fraction of sp³-hybridized carbons (Fsp3) is 0.312. The second kappa shape index (κ2) is 5.64. The summed E-state index contributed by atoms with van der Waals surface area (Å²) in [7, 11) is 0. The number of benzene rings is 1. The Morgan fingerprint density at radius 3 is 2.76 bits per heavy atom. The molecule has 0 radical (unpaired) electrons. The van der Waals surface area contributed by atoms with Crippen LogP contribution in [-0.2, 0) is 6.54 Å². The molecule has 0 saturated heterocycles. The van der Waals surface area contributed by atoms with Crippen LogP contribution in [0, 0.1) is 12.7 Å². The van der Waals surface area contributed by atoms with Gasteiger partial charge in [0.2, 0.25) is 0 Å². The zero-order chi connectivity index (χ0) is 15.0. The Bertz CT molecular complexity index is 679. The van der Waals surface area contributed by atoms with Crippen molar-refractivity contribution in [3.05, 3.63) is 57.7 Å². The van der Waals surface area contributed by atoms with Gasteiger partial charge >= 0.3 is 0 Å². The molecule has 1 heterocycles. The lowest BCUT2D eigenvalue weighted by Crippen LogP contribution is -2.33. The SMILES string of the molecule is Cc1ccc(CN(C(=O)c2cc(Br)ccc2F)C2CC2)o1. The highest BCUT2D eigenvalue weighted by atomic mass is 79.9. The molecule has 1 aromatic carbocycles. The van der Waals surface area contributed by atoms with Crippen LogP contribution in [0.3, 0.4) is 0 Å². The lowest BCUT2D eigenvalue weighted by atomic mass is 10.1. The summed E-state index contributed by atoms with van der Waals surface area (Å²) in [5.41, 5.74) is 0.0968. The lowest BCUT2D eigenvalue weighted by molar-refractivity contribution is 0.0712. The molecule has 1 amide bonds. The third kappa shape index (κ3) is 3.18. The number of halogens is 2. The van der Waals surface area contributed by atoms with Crippen LogP contribution in [0.25, 0.3) is 0 Å². The van der Waals surface area contributed by atoms with Crippen molar-refractivity contribution in [2.24, 2.45) is 0 Å². The maximum atomic E-state index is 13.9. The molecule has 0 spiro atoms. The van der Waals surface area contributed by atoms with E-state index in [9.17, 15) is 9.18 Å². The molecule has 0 atom stereocenters. The second-order valence-electron chi connectivity index (χ2n) is 5.30. The predicted octanol–water partition coefficient (Wildman–Crippen LogP) is 4.29. The Hall–Kier alpha value is -1.62. The zero-order valence-corrected chi connectivity index (χ0v) is 13.2. The van der Waals surface area contributed by atoms with Gasteiger partial charge in [-0.3, -0.25) is 4.79 Å². The van der Waals surface area contributed by atoms with Crippen LogP contribution in [-0.4, -0.2) is 16.8 Å². The highest BCUT2D eigenvalue weighted by Crippen LogP contribution is 2.31. The number of hydrogen-bond donors (Lipinski definition) is 0. The van der Waals surface area contributed by atoms with Crippen LogP contribution in [0.1, 0.15) is 34.7 Å². The van der Waals surface area contributed by atoms with Crippen LogP contribution in [0.4, 0.5) is 4.39 Å². The highest BCUT2D eigenvalue weighted by molar-refractivity contribution is 9.10. The Kier molecular flexibility index (Phi) is 3.85. The number of rotatable bonds is 4. The molecule has 2 aromatic rings. The first kappa shape index (κ1) is 14.3. The van der Waals surface area contributed by atoms with Crippen LogP contribution in [0.2, 0.25) is 0 Å². The molecular weight excluding hydrogens is 337 g/mol. The molecule has 21 heavy (non-hydrogen) atoms. The number of carbonyl (C=O) groups is 1. The van der Waals surface area contributed by atoms with Gasteiger partial charge in [-0.2, -0.15) is 0 Å². The first-order valence-corrected chi connectivity index (χ1v) is 7.65. The maximum Gasteiger partial charge on any atom is 0.257 e. The molecule has 0 N–H and O–H groups in total. The molecule has 110 valence electrons. The van der Waals surface area contributed by atoms with Crippen LogP contribution in [0.15, 0.2) is 39.2 Å². The van der Waals surface area contributed by atoms with Gasteiger partial charge in [-0.1, -0.05) is 15.9 Å². The van der Waals surface area contributed by atoms with Gasteiger partial charge in [0.25, 0.3) is 5.91 Å². The molecule has 3 rings (SSSR count). The van der Waals surface area contributed by atoms with Crippen molar-refractivity contribution < 1.29 is 13.6 Å². The van der Waals surface area contributed by atoms with E-state index >= 15 is 0 Å². The van der Waals surface area contributed by atoms with E-state index < -0.39 is 5.82 Å². The van der Waals surface area contributed by atoms with Crippen LogP contribution >= 0.6 is 15.9 Å². The second-order valence-corrected chi connectivity index (χ2v) is 6.22. The average Bonchev–Trinajstić information content (AvgIpc) is 3.21.